The van der Waals surface area contributed by atoms with Gasteiger partial charge >= 0.3 is 0 Å². The normalized spacial score (nSPS) is 19.3. The third-order valence-corrected chi connectivity index (χ3v) is 5.87. The van der Waals surface area contributed by atoms with Gasteiger partial charge in [0.25, 0.3) is 0 Å². The SMILES string of the molecule is Cc1cc(C)n(-c2ccc(CNC(=O)[C@@H]3CCS(=O)(=O)C3)cn2)n1. The van der Waals surface area contributed by atoms with Crippen LogP contribution in [0.2, 0.25) is 0 Å². The van der Waals surface area contributed by atoms with Gasteiger partial charge in [-0.15, -0.1) is 0 Å². The highest BCUT2D eigenvalue weighted by Crippen LogP contribution is 2.18. The van der Waals surface area contributed by atoms with Crippen molar-refractivity contribution in [3.05, 3.63) is 41.3 Å². The van der Waals surface area contributed by atoms with E-state index in [0.717, 1.165) is 22.8 Å². The van der Waals surface area contributed by atoms with Gasteiger partial charge in [0.05, 0.1) is 23.1 Å². The molecule has 8 heteroatoms. The van der Waals surface area contributed by atoms with Gasteiger partial charge in [-0.2, -0.15) is 5.10 Å². The summed E-state index contributed by atoms with van der Waals surface area (Å²) in [4.78, 5) is 16.4. The number of carbonyl (C=O) groups is 1. The molecule has 2 aromatic heterocycles. The van der Waals surface area contributed by atoms with Crippen molar-refractivity contribution in [2.24, 2.45) is 5.92 Å². The molecule has 7 nitrogen and oxygen atoms in total. The van der Waals surface area contributed by atoms with E-state index in [1.54, 1.807) is 10.9 Å². The van der Waals surface area contributed by atoms with Crippen molar-refractivity contribution in [3.8, 4) is 5.82 Å². The molecule has 0 saturated carbocycles. The molecule has 1 atom stereocenters. The number of rotatable bonds is 4. The van der Waals surface area contributed by atoms with Crippen LogP contribution in [-0.4, -0.2) is 40.6 Å². The van der Waals surface area contributed by atoms with E-state index in [-0.39, 0.29) is 17.4 Å². The predicted octanol–water partition coefficient (Wildman–Crippen LogP) is 0.935. The number of hydrogen-bond donors (Lipinski definition) is 1. The van der Waals surface area contributed by atoms with Crippen molar-refractivity contribution < 1.29 is 13.2 Å². The van der Waals surface area contributed by atoms with E-state index in [1.807, 2.05) is 32.0 Å². The fraction of sp³-hybridized carbons (Fsp3) is 0.438. The number of aromatic nitrogens is 3. The molecule has 1 aliphatic heterocycles. The molecule has 2 aromatic rings. The molecule has 1 N–H and O–H groups in total. The van der Waals surface area contributed by atoms with Gasteiger partial charge in [-0.05, 0) is 38.0 Å². The Balaban J connectivity index is 1.61. The fourth-order valence-corrected chi connectivity index (χ4v) is 4.58. The number of nitrogens with one attached hydrogen (secondary N) is 1. The molecule has 1 saturated heterocycles. The van der Waals surface area contributed by atoms with Crippen molar-refractivity contribution >= 4 is 15.7 Å². The number of nitrogens with zero attached hydrogens (tertiary/aromatic N) is 3. The maximum atomic E-state index is 12.0. The quantitative estimate of drug-likeness (QED) is 0.887. The Morgan fingerprint density at radius 3 is 2.71 bits per heavy atom. The van der Waals surface area contributed by atoms with Crippen LogP contribution in [0.1, 0.15) is 23.4 Å². The third-order valence-electron chi connectivity index (χ3n) is 4.11. The van der Waals surface area contributed by atoms with Crippen LogP contribution in [-0.2, 0) is 21.2 Å². The first-order chi connectivity index (χ1) is 11.3. The lowest BCUT2D eigenvalue weighted by Crippen LogP contribution is -2.31. The summed E-state index contributed by atoms with van der Waals surface area (Å²) in [5.74, 6) is 0.131. The van der Waals surface area contributed by atoms with Crippen molar-refractivity contribution in [3.63, 3.8) is 0 Å². The minimum atomic E-state index is -3.04. The van der Waals surface area contributed by atoms with Gasteiger partial charge in [-0.3, -0.25) is 4.79 Å². The molecule has 24 heavy (non-hydrogen) atoms. The van der Waals surface area contributed by atoms with Crippen LogP contribution >= 0.6 is 0 Å². The summed E-state index contributed by atoms with van der Waals surface area (Å²) in [6.07, 6.45) is 2.10. The molecule has 1 fully saturated rings. The summed E-state index contributed by atoms with van der Waals surface area (Å²) < 4.78 is 24.6. The van der Waals surface area contributed by atoms with Crippen LogP contribution in [0.5, 0.6) is 0 Å². The van der Waals surface area contributed by atoms with Crippen LogP contribution in [0.15, 0.2) is 24.4 Å². The smallest absolute Gasteiger partial charge is 0.224 e. The minimum absolute atomic E-state index is 0.0477. The lowest BCUT2D eigenvalue weighted by atomic mass is 10.1. The highest BCUT2D eigenvalue weighted by atomic mass is 32.2. The summed E-state index contributed by atoms with van der Waals surface area (Å²) >= 11 is 0. The van der Waals surface area contributed by atoms with Crippen LogP contribution in [0.4, 0.5) is 0 Å². The Morgan fingerprint density at radius 2 is 2.17 bits per heavy atom. The highest BCUT2D eigenvalue weighted by Gasteiger charge is 2.32. The molecule has 0 aliphatic carbocycles. The molecule has 128 valence electrons. The minimum Gasteiger partial charge on any atom is -0.352 e. The Hall–Kier alpha value is -2.22. The molecule has 0 radical (unpaired) electrons. The maximum absolute atomic E-state index is 12.0. The standard InChI is InChI=1S/C16H20N4O3S/c1-11-7-12(2)20(19-11)15-4-3-13(8-17-15)9-18-16(21)14-5-6-24(22,23)10-14/h3-4,7-8,14H,5-6,9-10H2,1-2H3,(H,18,21)/t14-/m1/s1. The van der Waals surface area contributed by atoms with E-state index < -0.39 is 15.8 Å². The van der Waals surface area contributed by atoms with Gasteiger partial charge in [0.1, 0.15) is 0 Å². The van der Waals surface area contributed by atoms with Crippen molar-refractivity contribution in [1.82, 2.24) is 20.1 Å². The van der Waals surface area contributed by atoms with E-state index in [2.05, 4.69) is 15.4 Å². The lowest BCUT2D eigenvalue weighted by molar-refractivity contribution is -0.124. The molecule has 0 bridgehead atoms. The zero-order chi connectivity index (χ0) is 17.3. The van der Waals surface area contributed by atoms with E-state index in [9.17, 15) is 13.2 Å². The Kier molecular flexibility index (Phi) is 4.40. The average molecular weight is 348 g/mol. The summed E-state index contributed by atoms with van der Waals surface area (Å²) in [5.41, 5.74) is 2.79. The van der Waals surface area contributed by atoms with Crippen molar-refractivity contribution in [2.75, 3.05) is 11.5 Å². The molecular formula is C16H20N4O3S. The van der Waals surface area contributed by atoms with E-state index >= 15 is 0 Å². The molecule has 0 spiro atoms. The lowest BCUT2D eigenvalue weighted by Gasteiger charge is -2.10. The summed E-state index contributed by atoms with van der Waals surface area (Å²) in [5, 5.41) is 7.17. The third kappa shape index (κ3) is 3.64. The monoisotopic (exact) mass is 348 g/mol. The van der Waals surface area contributed by atoms with Gasteiger partial charge in [-0.1, -0.05) is 6.07 Å². The first-order valence-corrected chi connectivity index (χ1v) is 9.63. The molecule has 1 amide bonds. The number of amides is 1. The van der Waals surface area contributed by atoms with Gasteiger partial charge in [0, 0.05) is 18.4 Å². The zero-order valence-corrected chi connectivity index (χ0v) is 14.5. The van der Waals surface area contributed by atoms with Crippen LogP contribution < -0.4 is 5.32 Å². The van der Waals surface area contributed by atoms with E-state index in [1.165, 1.54) is 0 Å². The van der Waals surface area contributed by atoms with Gasteiger partial charge < -0.3 is 5.32 Å². The Bertz CT molecular complexity index is 856. The number of sulfone groups is 1. The summed E-state index contributed by atoms with van der Waals surface area (Å²) in [6.45, 7) is 4.22. The second kappa shape index (κ2) is 6.35. The van der Waals surface area contributed by atoms with E-state index in [0.29, 0.717) is 13.0 Å². The van der Waals surface area contributed by atoms with Gasteiger partial charge in [-0.25, -0.2) is 18.1 Å². The molecule has 3 rings (SSSR count). The van der Waals surface area contributed by atoms with Crippen LogP contribution in [0, 0.1) is 19.8 Å². The summed E-state index contributed by atoms with van der Waals surface area (Å²) in [6, 6.07) is 5.71. The highest BCUT2D eigenvalue weighted by molar-refractivity contribution is 7.91. The number of hydrogen-bond acceptors (Lipinski definition) is 5. The second-order valence-corrected chi connectivity index (χ2v) is 8.41. The van der Waals surface area contributed by atoms with Gasteiger partial charge in [0.15, 0.2) is 15.7 Å². The molecule has 1 aliphatic rings. The van der Waals surface area contributed by atoms with Crippen molar-refractivity contribution in [2.45, 2.75) is 26.8 Å². The van der Waals surface area contributed by atoms with Crippen molar-refractivity contribution in [1.29, 1.82) is 0 Å². The Morgan fingerprint density at radius 1 is 1.38 bits per heavy atom. The number of pyridine rings is 1. The first-order valence-electron chi connectivity index (χ1n) is 7.81. The fourth-order valence-electron chi connectivity index (χ4n) is 2.84. The predicted molar refractivity (Wildman–Crippen MR) is 89.4 cm³/mol. The van der Waals surface area contributed by atoms with E-state index in [4.69, 9.17) is 0 Å². The molecule has 0 aromatic carbocycles. The average Bonchev–Trinajstić information content (AvgIpc) is 3.07. The van der Waals surface area contributed by atoms with Crippen LogP contribution in [0.25, 0.3) is 5.82 Å². The maximum Gasteiger partial charge on any atom is 0.224 e. The number of aryl methyl sites for hydroxylation is 2. The molecule has 3 heterocycles. The largest absolute Gasteiger partial charge is 0.352 e. The Labute approximate surface area is 141 Å². The van der Waals surface area contributed by atoms with Crippen LogP contribution in [0.3, 0.4) is 0 Å². The second-order valence-electron chi connectivity index (χ2n) is 6.18. The first kappa shape index (κ1) is 16.6. The summed E-state index contributed by atoms with van der Waals surface area (Å²) in [7, 11) is -3.04. The zero-order valence-electron chi connectivity index (χ0n) is 13.7. The molecular weight excluding hydrogens is 328 g/mol. The molecule has 0 unspecified atom stereocenters. The topological polar surface area (TPSA) is 94.0 Å². The number of carbonyl (C=O) groups excluding carboxylic acids is 1. The van der Waals surface area contributed by atoms with Gasteiger partial charge in [0.2, 0.25) is 5.91 Å².